The average molecular weight is 376 g/mol. The fourth-order valence-corrected chi connectivity index (χ4v) is 2.49. The Hall–Kier alpha value is -2.50. The van der Waals surface area contributed by atoms with Gasteiger partial charge in [-0.05, 0) is 44.0 Å². The number of unbranched alkanes of at least 4 members (excludes halogenated alkanes) is 1. The van der Waals surface area contributed by atoms with Gasteiger partial charge >= 0.3 is 0 Å². The van der Waals surface area contributed by atoms with Gasteiger partial charge in [0, 0.05) is 26.2 Å². The molecule has 6 nitrogen and oxygen atoms in total. The van der Waals surface area contributed by atoms with Crippen molar-refractivity contribution in [2.45, 2.75) is 33.6 Å². The minimum atomic E-state index is -0.224. The van der Waals surface area contributed by atoms with Crippen molar-refractivity contribution in [1.29, 1.82) is 0 Å². The Bertz CT molecular complexity index is 639. The number of methoxy groups -OCH3 is 1. The number of rotatable bonds is 11. The van der Waals surface area contributed by atoms with Crippen molar-refractivity contribution in [3.8, 4) is 11.5 Å². The third-order valence-corrected chi connectivity index (χ3v) is 4.23. The summed E-state index contributed by atoms with van der Waals surface area (Å²) in [6.07, 6.45) is 5.22. The second kappa shape index (κ2) is 12.0. The number of hydrogen-bond acceptors (Lipinski definition) is 4. The zero-order valence-corrected chi connectivity index (χ0v) is 17.2. The lowest BCUT2D eigenvalue weighted by Crippen LogP contribution is -2.40. The van der Waals surface area contributed by atoms with Gasteiger partial charge in [-0.3, -0.25) is 9.59 Å². The molecule has 0 unspecified atom stereocenters. The van der Waals surface area contributed by atoms with Crippen LogP contribution < -0.4 is 9.47 Å². The van der Waals surface area contributed by atoms with Gasteiger partial charge in [-0.2, -0.15) is 0 Å². The Morgan fingerprint density at radius 1 is 1.11 bits per heavy atom. The molecule has 0 saturated carbocycles. The van der Waals surface area contributed by atoms with Crippen LogP contribution in [0, 0.1) is 0 Å². The Kier molecular flexibility index (Phi) is 10.0. The van der Waals surface area contributed by atoms with E-state index in [4.69, 9.17) is 9.47 Å². The van der Waals surface area contributed by atoms with Crippen LogP contribution in [0.4, 0.5) is 0 Å². The van der Waals surface area contributed by atoms with Crippen molar-refractivity contribution in [2.75, 3.05) is 40.4 Å². The first-order valence-corrected chi connectivity index (χ1v) is 9.48. The molecule has 0 aliphatic carbocycles. The van der Waals surface area contributed by atoms with Crippen LogP contribution in [-0.4, -0.2) is 62.0 Å². The van der Waals surface area contributed by atoms with E-state index >= 15 is 0 Å². The highest BCUT2D eigenvalue weighted by atomic mass is 16.5. The fourth-order valence-electron chi connectivity index (χ4n) is 2.49. The molecular weight excluding hydrogens is 344 g/mol. The monoisotopic (exact) mass is 376 g/mol. The molecule has 0 fully saturated rings. The second-order valence-corrected chi connectivity index (χ2v) is 6.21. The standard InChI is InChI=1S/C21H32N2O4/c1-6-9-14-27-18-12-10-17(15-19(18)26-5)11-13-20(24)22(4)16-21(25)23(7-2)8-3/h10-13,15H,6-9,14,16H2,1-5H3/b13-11+. The molecule has 0 heterocycles. The number of amides is 2. The highest BCUT2D eigenvalue weighted by molar-refractivity contribution is 5.94. The predicted molar refractivity (Wildman–Crippen MR) is 108 cm³/mol. The Morgan fingerprint density at radius 2 is 1.81 bits per heavy atom. The van der Waals surface area contributed by atoms with E-state index in [0.717, 1.165) is 18.4 Å². The predicted octanol–water partition coefficient (Wildman–Crippen LogP) is 3.21. The van der Waals surface area contributed by atoms with Crippen LogP contribution in [0.15, 0.2) is 24.3 Å². The number of carbonyl (C=O) groups excluding carboxylic acids is 2. The van der Waals surface area contributed by atoms with Crippen LogP contribution in [0.3, 0.4) is 0 Å². The minimum absolute atomic E-state index is 0.0560. The summed E-state index contributed by atoms with van der Waals surface area (Å²) in [4.78, 5) is 27.5. The maximum Gasteiger partial charge on any atom is 0.246 e. The smallest absolute Gasteiger partial charge is 0.246 e. The molecule has 2 amide bonds. The van der Waals surface area contributed by atoms with E-state index in [9.17, 15) is 9.59 Å². The highest BCUT2D eigenvalue weighted by Crippen LogP contribution is 2.28. The summed E-state index contributed by atoms with van der Waals surface area (Å²) in [7, 11) is 3.21. The van der Waals surface area contributed by atoms with E-state index in [-0.39, 0.29) is 18.4 Å². The molecule has 6 heteroatoms. The van der Waals surface area contributed by atoms with Gasteiger partial charge in [0.2, 0.25) is 11.8 Å². The van der Waals surface area contributed by atoms with Crippen LogP contribution in [0.5, 0.6) is 11.5 Å². The lowest BCUT2D eigenvalue weighted by Gasteiger charge is -2.22. The first-order chi connectivity index (χ1) is 13.0. The molecule has 1 rings (SSSR count). The molecule has 1 aromatic carbocycles. The molecular formula is C21H32N2O4. The van der Waals surface area contributed by atoms with Gasteiger partial charge in [0.05, 0.1) is 20.3 Å². The first-order valence-electron chi connectivity index (χ1n) is 9.48. The van der Waals surface area contributed by atoms with Gasteiger partial charge in [-0.1, -0.05) is 19.4 Å². The summed E-state index contributed by atoms with van der Waals surface area (Å²) in [6, 6.07) is 5.53. The summed E-state index contributed by atoms with van der Waals surface area (Å²) in [6.45, 7) is 7.94. The number of ether oxygens (including phenoxy) is 2. The van der Waals surface area contributed by atoms with E-state index in [0.29, 0.717) is 31.2 Å². The summed E-state index contributed by atoms with van der Waals surface area (Å²) in [5, 5.41) is 0. The molecule has 0 N–H and O–H groups in total. The summed E-state index contributed by atoms with van der Waals surface area (Å²) in [5.74, 6) is 1.04. The number of benzene rings is 1. The van der Waals surface area contributed by atoms with Crippen LogP contribution >= 0.6 is 0 Å². The van der Waals surface area contributed by atoms with Gasteiger partial charge in [0.25, 0.3) is 0 Å². The minimum Gasteiger partial charge on any atom is -0.493 e. The van der Waals surface area contributed by atoms with Gasteiger partial charge in [0.15, 0.2) is 11.5 Å². The molecule has 0 spiro atoms. The van der Waals surface area contributed by atoms with Crippen LogP contribution in [0.1, 0.15) is 39.2 Å². The van der Waals surface area contributed by atoms with E-state index in [1.54, 1.807) is 25.1 Å². The molecule has 150 valence electrons. The van der Waals surface area contributed by atoms with Crippen molar-refractivity contribution >= 4 is 17.9 Å². The van der Waals surface area contributed by atoms with E-state index in [2.05, 4.69) is 6.92 Å². The maximum absolute atomic E-state index is 12.3. The first kappa shape index (κ1) is 22.5. The van der Waals surface area contributed by atoms with Crippen molar-refractivity contribution in [1.82, 2.24) is 9.80 Å². The number of likely N-dealkylation sites (N-methyl/N-ethyl adjacent to an activating group) is 2. The van der Waals surface area contributed by atoms with Crippen molar-refractivity contribution in [3.63, 3.8) is 0 Å². The molecule has 0 bridgehead atoms. The molecule has 0 aliphatic rings. The van der Waals surface area contributed by atoms with Crippen molar-refractivity contribution in [3.05, 3.63) is 29.8 Å². The summed E-state index contributed by atoms with van der Waals surface area (Å²) < 4.78 is 11.1. The Morgan fingerprint density at radius 3 is 2.41 bits per heavy atom. The van der Waals surface area contributed by atoms with E-state index in [1.165, 1.54) is 11.0 Å². The average Bonchev–Trinajstić information content (AvgIpc) is 2.67. The SMILES string of the molecule is CCCCOc1ccc(/C=C/C(=O)N(C)CC(=O)N(CC)CC)cc1OC. The lowest BCUT2D eigenvalue weighted by molar-refractivity contribution is -0.136. The molecule has 0 aliphatic heterocycles. The molecule has 27 heavy (non-hydrogen) atoms. The normalized spacial score (nSPS) is 10.7. The second-order valence-electron chi connectivity index (χ2n) is 6.21. The maximum atomic E-state index is 12.3. The van der Waals surface area contributed by atoms with Crippen molar-refractivity contribution in [2.24, 2.45) is 0 Å². The lowest BCUT2D eigenvalue weighted by atomic mass is 10.2. The van der Waals surface area contributed by atoms with E-state index < -0.39 is 0 Å². The largest absolute Gasteiger partial charge is 0.493 e. The molecule has 1 aromatic rings. The summed E-state index contributed by atoms with van der Waals surface area (Å²) >= 11 is 0. The van der Waals surface area contributed by atoms with Gasteiger partial charge in [-0.25, -0.2) is 0 Å². The third-order valence-electron chi connectivity index (χ3n) is 4.23. The number of hydrogen-bond donors (Lipinski definition) is 0. The summed E-state index contributed by atoms with van der Waals surface area (Å²) in [5.41, 5.74) is 0.825. The van der Waals surface area contributed by atoms with Crippen LogP contribution in [-0.2, 0) is 9.59 Å². The Balaban J connectivity index is 2.72. The quantitative estimate of drug-likeness (QED) is 0.439. The highest BCUT2D eigenvalue weighted by Gasteiger charge is 2.14. The number of nitrogens with zero attached hydrogens (tertiary/aromatic N) is 2. The van der Waals surface area contributed by atoms with Gasteiger partial charge in [0.1, 0.15) is 0 Å². The zero-order valence-electron chi connectivity index (χ0n) is 17.2. The van der Waals surface area contributed by atoms with Gasteiger partial charge < -0.3 is 19.3 Å². The third kappa shape index (κ3) is 7.33. The number of carbonyl (C=O) groups is 2. The fraction of sp³-hybridized carbons (Fsp3) is 0.524. The van der Waals surface area contributed by atoms with Gasteiger partial charge in [-0.15, -0.1) is 0 Å². The molecule has 0 atom stereocenters. The molecule has 0 radical (unpaired) electrons. The van der Waals surface area contributed by atoms with Crippen molar-refractivity contribution < 1.29 is 19.1 Å². The van der Waals surface area contributed by atoms with E-state index in [1.807, 2.05) is 32.0 Å². The van der Waals surface area contributed by atoms with Crippen LogP contribution in [0.2, 0.25) is 0 Å². The topological polar surface area (TPSA) is 59.1 Å². The molecule has 0 aromatic heterocycles. The van der Waals surface area contributed by atoms with Crippen LogP contribution in [0.25, 0.3) is 6.08 Å². The molecule has 0 saturated heterocycles. The Labute approximate surface area is 162 Å². The zero-order chi connectivity index (χ0) is 20.2.